The number of nitrogens with one attached hydrogen (secondary N) is 2. The van der Waals surface area contributed by atoms with Crippen molar-refractivity contribution in [3.05, 3.63) is 82.4 Å². The van der Waals surface area contributed by atoms with Crippen molar-refractivity contribution in [3.8, 4) is 0 Å². The molecule has 4 aromatic rings. The zero-order chi connectivity index (χ0) is 27.7. The summed E-state index contributed by atoms with van der Waals surface area (Å²) in [4.78, 5) is 26.5. The van der Waals surface area contributed by atoms with Gasteiger partial charge in [-0.3, -0.25) is 9.71 Å². The second-order valence-corrected chi connectivity index (χ2v) is 9.95. The minimum absolute atomic E-state index is 0.00124. The summed E-state index contributed by atoms with van der Waals surface area (Å²) in [6.45, 7) is 0.394. The lowest BCUT2D eigenvalue weighted by Gasteiger charge is -2.16. The topological polar surface area (TPSA) is 147 Å². The van der Waals surface area contributed by atoms with Gasteiger partial charge >= 0.3 is 12.1 Å². The third kappa shape index (κ3) is 5.70. The first kappa shape index (κ1) is 26.9. The molecular weight excluding hydrogens is 551 g/mol. The summed E-state index contributed by atoms with van der Waals surface area (Å²) in [5.41, 5.74) is -0.964. The van der Waals surface area contributed by atoms with E-state index in [0.717, 1.165) is 12.1 Å². The maximum absolute atomic E-state index is 13.4. The van der Waals surface area contributed by atoms with Crippen molar-refractivity contribution in [3.63, 3.8) is 0 Å². The standard InChI is InChI=1S/C23H17ClF3N5O5S/c1-12-2-3-14(9-17(12)23(25,26)27)38(35,36)32-18-8-13(24)10-30-21(18)20(31-37-11-19(33)34)15-4-6-28-22-16(15)5-7-29-22/h2-10,32H,11H2,1H3,(H,28,29)(H,33,34)/b31-20+. The Kier molecular flexibility index (Phi) is 7.29. The average molecular weight is 568 g/mol. The number of sulfonamides is 1. The Morgan fingerprint density at radius 2 is 1.97 bits per heavy atom. The Morgan fingerprint density at radius 1 is 1.21 bits per heavy atom. The number of aromatic nitrogens is 3. The molecule has 0 unspecified atom stereocenters. The molecule has 15 heteroatoms. The van der Waals surface area contributed by atoms with Crippen molar-refractivity contribution in [1.29, 1.82) is 0 Å². The second kappa shape index (κ2) is 10.3. The third-order valence-corrected chi connectivity index (χ3v) is 6.78. The lowest BCUT2D eigenvalue weighted by atomic mass is 10.0. The maximum atomic E-state index is 13.4. The van der Waals surface area contributed by atoms with Crippen molar-refractivity contribution in [2.24, 2.45) is 5.16 Å². The van der Waals surface area contributed by atoms with Crippen LogP contribution in [0, 0.1) is 6.92 Å². The van der Waals surface area contributed by atoms with Gasteiger partial charge in [-0.05, 0) is 42.8 Å². The number of benzene rings is 1. The lowest BCUT2D eigenvalue weighted by molar-refractivity contribution is -0.142. The van der Waals surface area contributed by atoms with E-state index < -0.39 is 39.2 Å². The molecular formula is C23H17ClF3N5O5S. The van der Waals surface area contributed by atoms with E-state index in [-0.39, 0.29) is 27.7 Å². The number of H-pyrrole nitrogens is 1. The van der Waals surface area contributed by atoms with E-state index in [2.05, 4.69) is 24.8 Å². The van der Waals surface area contributed by atoms with E-state index in [1.807, 2.05) is 0 Å². The molecule has 0 saturated heterocycles. The molecule has 3 heterocycles. The number of fused-ring (bicyclic) bond motifs is 1. The van der Waals surface area contributed by atoms with Gasteiger partial charge in [0.25, 0.3) is 10.0 Å². The molecule has 0 saturated carbocycles. The number of nitrogens with zero attached hydrogens (tertiary/aromatic N) is 3. The number of carboxylic acid groups (broad SMARTS) is 1. The maximum Gasteiger partial charge on any atom is 0.416 e. The number of aromatic amines is 1. The summed E-state index contributed by atoms with van der Waals surface area (Å²) in [6.07, 6.45) is -0.579. The normalized spacial score (nSPS) is 12.5. The summed E-state index contributed by atoms with van der Waals surface area (Å²) in [5.74, 6) is -1.32. The zero-order valence-corrected chi connectivity index (χ0v) is 20.8. The predicted octanol–water partition coefficient (Wildman–Crippen LogP) is 4.59. The van der Waals surface area contributed by atoms with Crippen molar-refractivity contribution < 1.29 is 36.3 Å². The van der Waals surface area contributed by atoms with Crippen LogP contribution in [-0.2, 0) is 25.8 Å². The Labute approximate surface area is 218 Å². The molecule has 0 amide bonds. The quantitative estimate of drug-likeness (QED) is 0.208. The molecule has 0 atom stereocenters. The van der Waals surface area contributed by atoms with Crippen LogP contribution >= 0.6 is 11.6 Å². The number of anilines is 1. The van der Waals surface area contributed by atoms with Gasteiger partial charge in [0.15, 0.2) is 0 Å². The monoisotopic (exact) mass is 567 g/mol. The van der Waals surface area contributed by atoms with Crippen molar-refractivity contribution in [2.75, 3.05) is 11.3 Å². The van der Waals surface area contributed by atoms with Crippen molar-refractivity contribution in [1.82, 2.24) is 15.0 Å². The fourth-order valence-corrected chi connectivity index (χ4v) is 4.76. The van der Waals surface area contributed by atoms with E-state index in [1.165, 1.54) is 31.5 Å². The molecule has 0 aliphatic rings. The van der Waals surface area contributed by atoms with Crippen LogP contribution in [0.15, 0.2) is 65.0 Å². The first-order valence-electron chi connectivity index (χ1n) is 10.6. The zero-order valence-electron chi connectivity index (χ0n) is 19.2. The van der Waals surface area contributed by atoms with Crippen LogP contribution in [0.1, 0.15) is 22.4 Å². The number of pyridine rings is 2. The highest BCUT2D eigenvalue weighted by molar-refractivity contribution is 7.92. The van der Waals surface area contributed by atoms with E-state index in [0.29, 0.717) is 22.7 Å². The number of aliphatic carboxylic acids is 1. The number of rotatable bonds is 8. The largest absolute Gasteiger partial charge is 0.479 e. The van der Waals surface area contributed by atoms with E-state index in [4.69, 9.17) is 21.5 Å². The van der Waals surface area contributed by atoms with Gasteiger partial charge in [0, 0.05) is 29.5 Å². The summed E-state index contributed by atoms with van der Waals surface area (Å²) in [5, 5.41) is 13.4. The molecule has 10 nitrogen and oxygen atoms in total. The van der Waals surface area contributed by atoms with E-state index in [9.17, 15) is 26.4 Å². The SMILES string of the molecule is Cc1ccc(S(=O)(=O)Nc2cc(Cl)cnc2/C(=N/OCC(=O)O)c2ccnc3[nH]ccc23)cc1C(F)(F)F. The molecule has 0 spiro atoms. The Bertz CT molecular complexity index is 1670. The number of aryl methyl sites for hydroxylation is 1. The molecule has 4 rings (SSSR count). The van der Waals surface area contributed by atoms with Crippen LogP contribution in [0.5, 0.6) is 0 Å². The molecule has 0 bridgehead atoms. The van der Waals surface area contributed by atoms with E-state index >= 15 is 0 Å². The molecule has 198 valence electrons. The molecule has 3 aromatic heterocycles. The molecule has 1 aromatic carbocycles. The first-order chi connectivity index (χ1) is 17.9. The number of alkyl halides is 3. The van der Waals surface area contributed by atoms with Crippen LogP contribution in [0.4, 0.5) is 18.9 Å². The minimum atomic E-state index is -4.77. The number of halogens is 4. The molecule has 0 aliphatic carbocycles. The molecule has 0 fully saturated rings. The Balaban J connectivity index is 1.85. The summed E-state index contributed by atoms with van der Waals surface area (Å²) in [7, 11) is -4.59. The van der Waals surface area contributed by atoms with Crippen LogP contribution in [0.25, 0.3) is 11.0 Å². The fourth-order valence-electron chi connectivity index (χ4n) is 3.52. The molecule has 3 N–H and O–H groups in total. The van der Waals surface area contributed by atoms with Crippen LogP contribution in [0.2, 0.25) is 5.02 Å². The van der Waals surface area contributed by atoms with Crippen LogP contribution in [0.3, 0.4) is 0 Å². The van der Waals surface area contributed by atoms with Gasteiger partial charge in [-0.2, -0.15) is 13.2 Å². The minimum Gasteiger partial charge on any atom is -0.479 e. The van der Waals surface area contributed by atoms with E-state index in [1.54, 1.807) is 12.3 Å². The predicted molar refractivity (Wildman–Crippen MR) is 132 cm³/mol. The van der Waals surface area contributed by atoms with Crippen molar-refractivity contribution in [2.45, 2.75) is 18.0 Å². The van der Waals surface area contributed by atoms with Gasteiger partial charge in [0.1, 0.15) is 17.1 Å². The summed E-state index contributed by atoms with van der Waals surface area (Å²) in [6, 6.07) is 6.94. The van der Waals surface area contributed by atoms with Crippen LogP contribution in [-0.4, -0.2) is 46.8 Å². The third-order valence-electron chi connectivity index (χ3n) is 5.21. The smallest absolute Gasteiger partial charge is 0.416 e. The highest BCUT2D eigenvalue weighted by Crippen LogP contribution is 2.34. The van der Waals surface area contributed by atoms with Gasteiger partial charge < -0.3 is 14.9 Å². The van der Waals surface area contributed by atoms with Gasteiger partial charge in [0.05, 0.1) is 21.2 Å². The van der Waals surface area contributed by atoms with Crippen LogP contribution < -0.4 is 4.72 Å². The Morgan fingerprint density at radius 3 is 2.68 bits per heavy atom. The highest BCUT2D eigenvalue weighted by Gasteiger charge is 2.34. The lowest BCUT2D eigenvalue weighted by Crippen LogP contribution is -2.19. The van der Waals surface area contributed by atoms with Gasteiger partial charge in [-0.1, -0.05) is 22.8 Å². The molecule has 0 radical (unpaired) electrons. The average Bonchev–Trinajstić information content (AvgIpc) is 3.31. The summed E-state index contributed by atoms with van der Waals surface area (Å²) < 4.78 is 68.8. The van der Waals surface area contributed by atoms with Crippen molar-refractivity contribution >= 4 is 50.0 Å². The fraction of sp³-hybridized carbons (Fsp3) is 0.130. The second-order valence-electron chi connectivity index (χ2n) is 7.84. The summed E-state index contributed by atoms with van der Waals surface area (Å²) >= 11 is 6.06. The number of hydrogen-bond acceptors (Lipinski definition) is 7. The van der Waals surface area contributed by atoms with Gasteiger partial charge in [-0.25, -0.2) is 18.2 Å². The molecule has 0 aliphatic heterocycles. The Hall–Kier alpha value is -4.17. The molecule has 38 heavy (non-hydrogen) atoms. The number of oxime groups is 1. The highest BCUT2D eigenvalue weighted by atomic mass is 35.5. The number of carbonyl (C=O) groups is 1. The number of carboxylic acids is 1. The first-order valence-corrected chi connectivity index (χ1v) is 12.4. The van der Waals surface area contributed by atoms with Gasteiger partial charge in [-0.15, -0.1) is 0 Å². The van der Waals surface area contributed by atoms with Gasteiger partial charge in [0.2, 0.25) is 6.61 Å². The number of hydrogen-bond donors (Lipinski definition) is 3.